The monoisotopic (exact) mass is 409 g/mol. The van der Waals surface area contributed by atoms with Gasteiger partial charge in [-0.3, -0.25) is 9.59 Å². The lowest BCUT2D eigenvalue weighted by Crippen LogP contribution is -2.32. The maximum atomic E-state index is 12.2. The van der Waals surface area contributed by atoms with E-state index in [0.29, 0.717) is 17.0 Å². The van der Waals surface area contributed by atoms with Gasteiger partial charge in [-0.2, -0.15) is 5.10 Å². The minimum atomic E-state index is -0.860. The number of rotatable bonds is 5. The summed E-state index contributed by atoms with van der Waals surface area (Å²) >= 11 is 0. The molecule has 0 radical (unpaired) electrons. The highest BCUT2D eigenvalue weighted by atomic mass is 16.5. The molecule has 0 bridgehead atoms. The Kier molecular flexibility index (Phi) is 6.00. The SMILES string of the molecule is O=C(N/N=C\c1cccc(Oc2ccccc2)c1)C(=O)Nc1cccc2ccccc12. The molecule has 152 valence electrons. The van der Waals surface area contributed by atoms with Crippen molar-refractivity contribution in [3.8, 4) is 11.5 Å². The van der Waals surface area contributed by atoms with Crippen LogP contribution in [-0.4, -0.2) is 18.0 Å². The van der Waals surface area contributed by atoms with Gasteiger partial charge in [-0.05, 0) is 41.3 Å². The molecule has 4 rings (SSSR count). The number of carbonyl (C=O) groups excluding carboxylic acids is 2. The molecule has 0 heterocycles. The van der Waals surface area contributed by atoms with Gasteiger partial charge in [0.25, 0.3) is 0 Å². The number of hydrogen-bond donors (Lipinski definition) is 2. The normalized spacial score (nSPS) is 10.7. The maximum Gasteiger partial charge on any atom is 0.329 e. The van der Waals surface area contributed by atoms with E-state index in [1.807, 2.05) is 84.9 Å². The number of nitrogens with one attached hydrogen (secondary N) is 2. The first-order valence-electron chi connectivity index (χ1n) is 9.64. The van der Waals surface area contributed by atoms with Gasteiger partial charge in [0.15, 0.2) is 0 Å². The van der Waals surface area contributed by atoms with Crippen molar-refractivity contribution in [2.45, 2.75) is 0 Å². The molecule has 6 heteroatoms. The fourth-order valence-electron chi connectivity index (χ4n) is 3.01. The van der Waals surface area contributed by atoms with Gasteiger partial charge in [0.2, 0.25) is 0 Å². The van der Waals surface area contributed by atoms with Gasteiger partial charge in [-0.25, -0.2) is 5.43 Å². The molecule has 4 aromatic rings. The van der Waals surface area contributed by atoms with E-state index in [4.69, 9.17) is 4.74 Å². The highest BCUT2D eigenvalue weighted by Gasteiger charge is 2.14. The zero-order valence-corrected chi connectivity index (χ0v) is 16.5. The Morgan fingerprint density at radius 1 is 0.742 bits per heavy atom. The number of amides is 2. The van der Waals surface area contributed by atoms with Crippen molar-refractivity contribution in [2.75, 3.05) is 5.32 Å². The van der Waals surface area contributed by atoms with Gasteiger partial charge < -0.3 is 10.1 Å². The van der Waals surface area contributed by atoms with E-state index < -0.39 is 11.8 Å². The Morgan fingerprint density at radius 3 is 2.32 bits per heavy atom. The quantitative estimate of drug-likeness (QED) is 0.284. The highest BCUT2D eigenvalue weighted by molar-refractivity contribution is 6.40. The van der Waals surface area contributed by atoms with Crippen molar-refractivity contribution in [1.82, 2.24) is 5.43 Å². The van der Waals surface area contributed by atoms with E-state index in [2.05, 4.69) is 15.8 Å². The molecule has 0 saturated carbocycles. The predicted octanol–water partition coefficient (Wildman–Crippen LogP) is 4.72. The third-order valence-electron chi connectivity index (χ3n) is 4.46. The van der Waals surface area contributed by atoms with E-state index in [9.17, 15) is 9.59 Å². The van der Waals surface area contributed by atoms with Crippen molar-refractivity contribution in [3.05, 3.63) is 103 Å². The topological polar surface area (TPSA) is 79.8 Å². The van der Waals surface area contributed by atoms with Crippen LogP contribution in [0.4, 0.5) is 5.69 Å². The molecule has 0 aliphatic carbocycles. The van der Waals surface area contributed by atoms with Crippen LogP contribution in [-0.2, 0) is 9.59 Å². The number of nitrogens with zero attached hydrogens (tertiary/aromatic N) is 1. The fraction of sp³-hybridized carbons (Fsp3) is 0. The van der Waals surface area contributed by atoms with E-state index in [0.717, 1.165) is 16.5 Å². The van der Waals surface area contributed by atoms with Crippen LogP contribution >= 0.6 is 0 Å². The van der Waals surface area contributed by atoms with Crippen LogP contribution in [0.3, 0.4) is 0 Å². The van der Waals surface area contributed by atoms with Crippen LogP contribution in [0.2, 0.25) is 0 Å². The lowest BCUT2D eigenvalue weighted by molar-refractivity contribution is -0.136. The van der Waals surface area contributed by atoms with E-state index in [1.165, 1.54) is 6.21 Å². The number of para-hydroxylation sites is 1. The van der Waals surface area contributed by atoms with Crippen LogP contribution in [0.1, 0.15) is 5.56 Å². The molecule has 2 amide bonds. The average Bonchev–Trinajstić information content (AvgIpc) is 2.80. The Labute approximate surface area is 179 Å². The fourth-order valence-corrected chi connectivity index (χ4v) is 3.01. The number of hydrogen-bond acceptors (Lipinski definition) is 4. The lowest BCUT2D eigenvalue weighted by atomic mass is 10.1. The summed E-state index contributed by atoms with van der Waals surface area (Å²) in [5, 5.41) is 8.32. The molecule has 0 spiro atoms. The third kappa shape index (κ3) is 5.13. The average molecular weight is 409 g/mol. The molecule has 2 N–H and O–H groups in total. The van der Waals surface area contributed by atoms with Crippen LogP contribution in [0.15, 0.2) is 102 Å². The molecule has 4 aromatic carbocycles. The minimum absolute atomic E-state index is 0.563. The standard InChI is InChI=1S/C25H19N3O3/c29-24(27-23-15-7-10-19-9-4-5-14-22(19)23)25(30)28-26-17-18-8-6-13-21(16-18)31-20-11-2-1-3-12-20/h1-17H,(H,27,29)(H,28,30)/b26-17-. The number of anilines is 1. The van der Waals surface area contributed by atoms with Crippen molar-refractivity contribution in [3.63, 3.8) is 0 Å². The summed E-state index contributed by atoms with van der Waals surface area (Å²) in [5.41, 5.74) is 3.52. The number of hydrazone groups is 1. The third-order valence-corrected chi connectivity index (χ3v) is 4.46. The summed E-state index contributed by atoms with van der Waals surface area (Å²) in [5.74, 6) is -0.305. The van der Waals surface area contributed by atoms with Gasteiger partial charge in [-0.1, -0.05) is 66.7 Å². The van der Waals surface area contributed by atoms with Crippen LogP contribution < -0.4 is 15.5 Å². The molecular formula is C25H19N3O3. The maximum absolute atomic E-state index is 12.2. The first-order valence-corrected chi connectivity index (χ1v) is 9.64. The van der Waals surface area contributed by atoms with Gasteiger partial charge in [0.1, 0.15) is 11.5 Å². The smallest absolute Gasteiger partial charge is 0.329 e. The van der Waals surface area contributed by atoms with E-state index >= 15 is 0 Å². The summed E-state index contributed by atoms with van der Waals surface area (Å²) < 4.78 is 5.77. The van der Waals surface area contributed by atoms with E-state index in [1.54, 1.807) is 12.1 Å². The molecule has 0 fully saturated rings. The van der Waals surface area contributed by atoms with Crippen molar-refractivity contribution in [1.29, 1.82) is 0 Å². The Bertz CT molecular complexity index is 1250. The molecule has 0 aromatic heterocycles. The molecular weight excluding hydrogens is 390 g/mol. The molecule has 0 unspecified atom stereocenters. The second kappa shape index (κ2) is 9.37. The van der Waals surface area contributed by atoms with E-state index in [-0.39, 0.29) is 0 Å². The first-order chi connectivity index (χ1) is 15.2. The molecule has 6 nitrogen and oxygen atoms in total. The predicted molar refractivity (Wildman–Crippen MR) is 121 cm³/mol. The Morgan fingerprint density at radius 2 is 1.45 bits per heavy atom. The van der Waals surface area contributed by atoms with Crippen LogP contribution in [0.5, 0.6) is 11.5 Å². The van der Waals surface area contributed by atoms with Crippen molar-refractivity contribution in [2.24, 2.45) is 5.10 Å². The van der Waals surface area contributed by atoms with Gasteiger partial charge >= 0.3 is 11.8 Å². The first kappa shape index (κ1) is 19.8. The molecule has 0 aliphatic heterocycles. The summed E-state index contributed by atoms with van der Waals surface area (Å²) in [6.45, 7) is 0. The number of carbonyl (C=O) groups is 2. The highest BCUT2D eigenvalue weighted by Crippen LogP contribution is 2.23. The summed E-state index contributed by atoms with van der Waals surface area (Å²) in [6, 6.07) is 29.7. The Balaban J connectivity index is 1.37. The summed E-state index contributed by atoms with van der Waals surface area (Å²) in [7, 11) is 0. The zero-order chi connectivity index (χ0) is 21.5. The zero-order valence-electron chi connectivity index (χ0n) is 16.5. The number of ether oxygens (including phenoxy) is 1. The molecule has 0 saturated heterocycles. The van der Waals surface area contributed by atoms with Crippen molar-refractivity contribution < 1.29 is 14.3 Å². The molecule has 0 aliphatic rings. The summed E-state index contributed by atoms with van der Waals surface area (Å²) in [4.78, 5) is 24.4. The van der Waals surface area contributed by atoms with Crippen LogP contribution in [0.25, 0.3) is 10.8 Å². The minimum Gasteiger partial charge on any atom is -0.457 e. The number of fused-ring (bicyclic) bond motifs is 1. The van der Waals surface area contributed by atoms with Gasteiger partial charge in [0.05, 0.1) is 6.21 Å². The number of benzene rings is 4. The second-order valence-electron chi connectivity index (χ2n) is 6.67. The van der Waals surface area contributed by atoms with Crippen LogP contribution in [0, 0.1) is 0 Å². The van der Waals surface area contributed by atoms with Gasteiger partial charge in [-0.15, -0.1) is 0 Å². The van der Waals surface area contributed by atoms with Gasteiger partial charge in [0, 0.05) is 11.1 Å². The molecule has 31 heavy (non-hydrogen) atoms. The van der Waals surface area contributed by atoms with Crippen molar-refractivity contribution >= 4 is 34.5 Å². The Hall–Kier alpha value is -4.45. The largest absolute Gasteiger partial charge is 0.457 e. The lowest BCUT2D eigenvalue weighted by Gasteiger charge is -2.07. The second-order valence-corrected chi connectivity index (χ2v) is 6.67. The molecule has 0 atom stereocenters. The summed E-state index contributed by atoms with van der Waals surface area (Å²) in [6.07, 6.45) is 1.45.